The second kappa shape index (κ2) is 9.21. The number of ether oxygens (including phenoxy) is 1. The number of hydrogen-bond donors (Lipinski definition) is 1. The molecule has 2 heteroatoms. The predicted octanol–water partition coefficient (Wildman–Crippen LogP) is 7.57. The van der Waals surface area contributed by atoms with Gasteiger partial charge in [0.2, 0.25) is 0 Å². The quantitative estimate of drug-likeness (QED) is 0.430. The fraction of sp³-hybridized carbons (Fsp3) is 0.867. The molecular weight excluding hydrogens is 392 g/mol. The Kier molecular flexibility index (Phi) is 7.06. The summed E-state index contributed by atoms with van der Waals surface area (Å²) in [5, 5.41) is 10.4. The molecule has 0 heterocycles. The molecule has 4 aliphatic rings. The van der Waals surface area contributed by atoms with Crippen molar-refractivity contribution in [3.63, 3.8) is 0 Å². The van der Waals surface area contributed by atoms with E-state index >= 15 is 0 Å². The molecule has 0 bridgehead atoms. The largest absolute Gasteiger partial charge is 0.393 e. The lowest BCUT2D eigenvalue weighted by molar-refractivity contribution is -0.0739. The number of aliphatic hydroxyl groups is 1. The molecule has 0 amide bonds. The zero-order valence-corrected chi connectivity index (χ0v) is 22.0. The van der Waals surface area contributed by atoms with Crippen molar-refractivity contribution in [1.29, 1.82) is 0 Å². The van der Waals surface area contributed by atoms with E-state index in [1.807, 2.05) is 7.11 Å². The van der Waals surface area contributed by atoms with Crippen LogP contribution in [0.3, 0.4) is 0 Å². The summed E-state index contributed by atoms with van der Waals surface area (Å²) in [5.74, 6) is 4.09. The first kappa shape index (κ1) is 24.5. The van der Waals surface area contributed by atoms with Crippen molar-refractivity contribution in [3.05, 3.63) is 23.3 Å². The van der Waals surface area contributed by atoms with Gasteiger partial charge in [-0.3, -0.25) is 0 Å². The standard InChI is InChI=1S/C30H50O2/c1-8-21(19(2)3)10-9-20(4)24-11-12-25-28-26(14-16-30(24,25)6)29(5)15-13-23(31)17-22(29)18-27(28)32-7/h9-10,19-24,26-27,31H,8,11-18H2,1-7H3/b10-9+. The summed E-state index contributed by atoms with van der Waals surface area (Å²) in [6.45, 7) is 14.7. The molecule has 32 heavy (non-hydrogen) atoms. The van der Waals surface area contributed by atoms with E-state index < -0.39 is 0 Å². The van der Waals surface area contributed by atoms with E-state index in [9.17, 15) is 5.11 Å². The Balaban J connectivity index is 1.64. The number of fused-ring (bicyclic) bond motifs is 4. The van der Waals surface area contributed by atoms with E-state index in [0.717, 1.165) is 31.1 Å². The normalized spacial score (nSPS) is 43.8. The van der Waals surface area contributed by atoms with Crippen molar-refractivity contribution in [2.75, 3.05) is 7.11 Å². The number of hydrogen-bond acceptors (Lipinski definition) is 2. The molecule has 0 spiro atoms. The van der Waals surface area contributed by atoms with E-state index in [0.29, 0.717) is 34.5 Å². The lowest BCUT2D eigenvalue weighted by atomic mass is 9.48. The molecule has 3 fully saturated rings. The number of aliphatic hydroxyl groups excluding tert-OH is 1. The molecular formula is C30H50O2. The first-order valence-corrected chi connectivity index (χ1v) is 13.8. The van der Waals surface area contributed by atoms with Gasteiger partial charge in [-0.25, -0.2) is 0 Å². The highest BCUT2D eigenvalue weighted by Gasteiger charge is 2.57. The Morgan fingerprint density at radius 3 is 2.47 bits per heavy atom. The smallest absolute Gasteiger partial charge is 0.0789 e. The van der Waals surface area contributed by atoms with E-state index in [1.54, 1.807) is 11.1 Å². The first-order chi connectivity index (χ1) is 15.2. The van der Waals surface area contributed by atoms with Crippen LogP contribution in [-0.2, 0) is 4.74 Å². The molecule has 9 unspecified atom stereocenters. The molecule has 4 rings (SSSR count). The van der Waals surface area contributed by atoms with E-state index in [2.05, 4.69) is 53.7 Å². The van der Waals surface area contributed by atoms with Gasteiger partial charge >= 0.3 is 0 Å². The average Bonchev–Trinajstić information content (AvgIpc) is 3.11. The summed E-state index contributed by atoms with van der Waals surface area (Å²) in [6, 6.07) is 0. The van der Waals surface area contributed by atoms with Gasteiger partial charge < -0.3 is 9.84 Å². The van der Waals surface area contributed by atoms with Crippen LogP contribution in [0.5, 0.6) is 0 Å². The van der Waals surface area contributed by atoms with Crippen molar-refractivity contribution in [3.8, 4) is 0 Å². The van der Waals surface area contributed by atoms with Gasteiger partial charge in [-0.15, -0.1) is 0 Å². The van der Waals surface area contributed by atoms with Crippen molar-refractivity contribution >= 4 is 0 Å². The molecule has 2 nitrogen and oxygen atoms in total. The summed E-state index contributed by atoms with van der Waals surface area (Å²) in [4.78, 5) is 0. The van der Waals surface area contributed by atoms with Crippen molar-refractivity contribution in [2.45, 2.75) is 112 Å². The molecule has 0 aromatic heterocycles. The van der Waals surface area contributed by atoms with Crippen molar-refractivity contribution < 1.29 is 9.84 Å². The zero-order chi connectivity index (χ0) is 23.3. The molecule has 4 aliphatic carbocycles. The van der Waals surface area contributed by atoms with Crippen LogP contribution in [0.4, 0.5) is 0 Å². The fourth-order valence-corrected chi connectivity index (χ4v) is 8.81. The third-order valence-corrected chi connectivity index (χ3v) is 10.9. The maximum Gasteiger partial charge on any atom is 0.0789 e. The third kappa shape index (κ3) is 3.96. The van der Waals surface area contributed by atoms with Crippen LogP contribution in [0.15, 0.2) is 23.3 Å². The molecule has 0 aromatic carbocycles. The molecule has 0 saturated heterocycles. The Hall–Kier alpha value is -0.600. The Morgan fingerprint density at radius 2 is 1.81 bits per heavy atom. The second-order valence-corrected chi connectivity index (χ2v) is 12.7. The van der Waals surface area contributed by atoms with E-state index in [4.69, 9.17) is 4.74 Å². The van der Waals surface area contributed by atoms with E-state index in [-0.39, 0.29) is 12.2 Å². The summed E-state index contributed by atoms with van der Waals surface area (Å²) in [7, 11) is 1.93. The first-order valence-electron chi connectivity index (χ1n) is 13.8. The van der Waals surface area contributed by atoms with Crippen LogP contribution < -0.4 is 0 Å². The van der Waals surface area contributed by atoms with Crippen LogP contribution in [0.2, 0.25) is 0 Å². The topological polar surface area (TPSA) is 29.5 Å². The highest BCUT2D eigenvalue weighted by molar-refractivity contribution is 5.37. The fourth-order valence-electron chi connectivity index (χ4n) is 8.81. The van der Waals surface area contributed by atoms with Gasteiger partial charge in [-0.1, -0.05) is 59.3 Å². The second-order valence-electron chi connectivity index (χ2n) is 12.7. The van der Waals surface area contributed by atoms with Crippen LogP contribution in [0, 0.1) is 46.3 Å². The van der Waals surface area contributed by atoms with Gasteiger partial charge in [0.1, 0.15) is 0 Å². The highest BCUT2D eigenvalue weighted by atomic mass is 16.5. The lowest BCUT2D eigenvalue weighted by Crippen LogP contribution is -2.52. The Labute approximate surface area is 198 Å². The Bertz CT molecular complexity index is 735. The van der Waals surface area contributed by atoms with Gasteiger partial charge in [-0.05, 0) is 110 Å². The molecule has 0 aliphatic heterocycles. The molecule has 9 atom stereocenters. The van der Waals surface area contributed by atoms with Crippen LogP contribution in [0.1, 0.15) is 99.3 Å². The molecule has 0 aromatic rings. The third-order valence-electron chi connectivity index (χ3n) is 10.9. The van der Waals surface area contributed by atoms with Crippen LogP contribution in [-0.4, -0.2) is 24.4 Å². The average molecular weight is 443 g/mol. The minimum absolute atomic E-state index is 0.102. The summed E-state index contributed by atoms with van der Waals surface area (Å²) in [5.41, 5.74) is 4.19. The summed E-state index contributed by atoms with van der Waals surface area (Å²) >= 11 is 0. The highest BCUT2D eigenvalue weighted by Crippen LogP contribution is 2.66. The minimum atomic E-state index is -0.102. The molecule has 182 valence electrons. The SMILES string of the molecule is CCC(/C=C/C(C)C1CCC2=C3C(OC)CC4CC(O)CCC4(C)C3CCC21C)C(C)C. The summed E-state index contributed by atoms with van der Waals surface area (Å²) in [6.07, 6.45) is 16.0. The van der Waals surface area contributed by atoms with Gasteiger partial charge in [0.05, 0.1) is 12.2 Å². The maximum absolute atomic E-state index is 10.4. The van der Waals surface area contributed by atoms with Crippen molar-refractivity contribution in [2.24, 2.45) is 46.3 Å². The minimum Gasteiger partial charge on any atom is -0.393 e. The van der Waals surface area contributed by atoms with Gasteiger partial charge in [-0.2, -0.15) is 0 Å². The lowest BCUT2D eigenvalue weighted by Gasteiger charge is -2.58. The van der Waals surface area contributed by atoms with E-state index in [1.165, 1.54) is 38.5 Å². The van der Waals surface area contributed by atoms with Crippen LogP contribution >= 0.6 is 0 Å². The van der Waals surface area contributed by atoms with Gasteiger partial charge in [0.25, 0.3) is 0 Å². The number of methoxy groups -OCH3 is 1. The van der Waals surface area contributed by atoms with Gasteiger partial charge in [0, 0.05) is 7.11 Å². The summed E-state index contributed by atoms with van der Waals surface area (Å²) < 4.78 is 6.21. The predicted molar refractivity (Wildman–Crippen MR) is 134 cm³/mol. The number of rotatable bonds is 6. The zero-order valence-electron chi connectivity index (χ0n) is 22.0. The number of allylic oxidation sites excluding steroid dienone is 3. The molecule has 0 radical (unpaired) electrons. The molecule has 3 saturated carbocycles. The van der Waals surface area contributed by atoms with Crippen LogP contribution in [0.25, 0.3) is 0 Å². The maximum atomic E-state index is 10.4. The monoisotopic (exact) mass is 442 g/mol. The van der Waals surface area contributed by atoms with Crippen molar-refractivity contribution in [1.82, 2.24) is 0 Å². The molecule has 1 N–H and O–H groups in total. The Morgan fingerprint density at radius 1 is 1.06 bits per heavy atom. The van der Waals surface area contributed by atoms with Gasteiger partial charge in [0.15, 0.2) is 0 Å².